The highest BCUT2D eigenvalue weighted by atomic mass is 31.2. The summed E-state index contributed by atoms with van der Waals surface area (Å²) in [6, 6.07) is 0. The molecule has 0 amide bonds. The van der Waals surface area contributed by atoms with E-state index < -0.39 is 13.8 Å². The van der Waals surface area contributed by atoms with E-state index in [9.17, 15) is 9.36 Å². The lowest BCUT2D eigenvalue weighted by Gasteiger charge is -2.13. The Kier molecular flexibility index (Phi) is 4.45. The molecule has 0 aliphatic heterocycles. The Bertz CT molecular complexity index is 192. The van der Waals surface area contributed by atoms with Gasteiger partial charge in [-0.1, -0.05) is 13.8 Å². The van der Waals surface area contributed by atoms with Crippen molar-refractivity contribution in [3.8, 4) is 0 Å². The Hall–Kier alpha value is -0.380. The monoisotopic (exact) mass is 196 g/mol. The molecule has 0 spiro atoms. The van der Waals surface area contributed by atoms with Gasteiger partial charge in [-0.15, -0.1) is 0 Å². The molecular weight excluding hydrogens is 183 g/mol. The maximum atomic E-state index is 11.2. The summed E-state index contributed by atoms with van der Waals surface area (Å²) in [7, 11) is -1.34. The van der Waals surface area contributed by atoms with Gasteiger partial charge in [0.25, 0.3) is 0 Å². The predicted octanol–water partition coefficient (Wildman–Crippen LogP) is 1.59. The summed E-state index contributed by atoms with van der Waals surface area (Å²) < 4.78 is 24.4. The number of hydrogen-bond acceptors (Lipinski definition) is 5. The van der Waals surface area contributed by atoms with E-state index in [-0.39, 0.29) is 5.92 Å². The second-order valence-electron chi connectivity index (χ2n) is 2.38. The second-order valence-corrected chi connectivity index (χ2v) is 4.18. The van der Waals surface area contributed by atoms with Crippen molar-refractivity contribution in [2.75, 3.05) is 14.2 Å². The number of phosphoric ester groups is 1. The Labute approximate surface area is 71.6 Å². The molecule has 0 bridgehead atoms. The Morgan fingerprint density at radius 1 is 1.25 bits per heavy atom. The molecule has 0 radical (unpaired) electrons. The van der Waals surface area contributed by atoms with E-state index in [2.05, 4.69) is 13.6 Å². The number of hydrogen-bond donors (Lipinski definition) is 0. The molecule has 0 saturated carbocycles. The van der Waals surface area contributed by atoms with Gasteiger partial charge >= 0.3 is 13.8 Å². The number of phosphoric acid groups is 1. The lowest BCUT2D eigenvalue weighted by atomic mass is 10.2. The van der Waals surface area contributed by atoms with Gasteiger partial charge in [0.05, 0.1) is 5.92 Å². The number of rotatable bonds is 4. The molecule has 0 N–H and O–H groups in total. The molecule has 0 fully saturated rings. The van der Waals surface area contributed by atoms with Gasteiger partial charge in [-0.2, -0.15) is 0 Å². The average Bonchev–Trinajstić information content (AvgIpc) is 2.04. The van der Waals surface area contributed by atoms with E-state index in [4.69, 9.17) is 0 Å². The summed E-state index contributed by atoms with van der Waals surface area (Å²) in [6.07, 6.45) is 0. The van der Waals surface area contributed by atoms with Crippen LogP contribution in [0, 0.1) is 5.92 Å². The largest absolute Gasteiger partial charge is 0.531 e. The Morgan fingerprint density at radius 2 is 1.67 bits per heavy atom. The highest BCUT2D eigenvalue weighted by Gasteiger charge is 2.28. The predicted molar refractivity (Wildman–Crippen MR) is 42.6 cm³/mol. The zero-order valence-corrected chi connectivity index (χ0v) is 8.46. The fourth-order valence-corrected chi connectivity index (χ4v) is 1.09. The van der Waals surface area contributed by atoms with Gasteiger partial charge in [-0.3, -0.25) is 13.8 Å². The summed E-state index contributed by atoms with van der Waals surface area (Å²) in [5.74, 6) is -0.967. The van der Waals surface area contributed by atoms with Crippen LogP contribution in [0.5, 0.6) is 0 Å². The van der Waals surface area contributed by atoms with Crippen molar-refractivity contribution < 1.29 is 22.9 Å². The molecule has 0 unspecified atom stereocenters. The molecule has 0 saturated heterocycles. The Balaban J connectivity index is 4.23. The van der Waals surface area contributed by atoms with Gasteiger partial charge in [-0.25, -0.2) is 4.57 Å². The van der Waals surface area contributed by atoms with Gasteiger partial charge < -0.3 is 4.52 Å². The van der Waals surface area contributed by atoms with Gasteiger partial charge in [0, 0.05) is 14.2 Å². The lowest BCUT2D eigenvalue weighted by Crippen LogP contribution is -2.11. The van der Waals surface area contributed by atoms with Gasteiger partial charge in [0.2, 0.25) is 0 Å². The molecule has 0 atom stereocenters. The first kappa shape index (κ1) is 11.6. The quantitative estimate of drug-likeness (QED) is 0.639. The molecule has 0 aromatic heterocycles. The summed E-state index contributed by atoms with van der Waals surface area (Å²) in [4.78, 5) is 10.9. The standard InChI is InChI=1S/C6H13O5P/c1-5(2)6(7)11-12(8,9-3)10-4/h5H,1-4H3. The van der Waals surface area contributed by atoms with Crippen LogP contribution in [-0.2, 0) is 22.9 Å². The first-order valence-corrected chi connectivity index (χ1v) is 4.86. The van der Waals surface area contributed by atoms with Gasteiger partial charge in [-0.05, 0) is 0 Å². The zero-order chi connectivity index (χ0) is 9.78. The van der Waals surface area contributed by atoms with Gasteiger partial charge in [0.15, 0.2) is 0 Å². The van der Waals surface area contributed by atoms with Crippen LogP contribution in [0.15, 0.2) is 0 Å². The second kappa shape index (κ2) is 4.60. The smallest absolute Gasteiger partial charge is 0.370 e. The molecule has 5 nitrogen and oxygen atoms in total. The van der Waals surface area contributed by atoms with E-state index in [1.165, 1.54) is 0 Å². The van der Waals surface area contributed by atoms with Crippen LogP contribution >= 0.6 is 7.82 Å². The molecule has 0 aromatic rings. The highest BCUT2D eigenvalue weighted by Crippen LogP contribution is 2.48. The maximum Gasteiger partial charge on any atom is 0.531 e. The SMILES string of the molecule is COP(=O)(OC)OC(=O)C(C)C. The minimum Gasteiger partial charge on any atom is -0.370 e. The third-order valence-corrected chi connectivity index (χ3v) is 2.42. The minimum absolute atomic E-state index is 0.358. The van der Waals surface area contributed by atoms with Crippen LogP contribution in [0.1, 0.15) is 13.8 Å². The third kappa shape index (κ3) is 3.34. The first-order valence-electron chi connectivity index (χ1n) is 3.40. The van der Waals surface area contributed by atoms with Crippen LogP contribution in [0.3, 0.4) is 0 Å². The van der Waals surface area contributed by atoms with E-state index in [0.717, 1.165) is 14.2 Å². The maximum absolute atomic E-state index is 11.2. The topological polar surface area (TPSA) is 61.8 Å². The molecule has 0 aliphatic rings. The van der Waals surface area contributed by atoms with Crippen molar-refractivity contribution in [2.45, 2.75) is 13.8 Å². The molecule has 6 heteroatoms. The fraction of sp³-hybridized carbons (Fsp3) is 0.833. The van der Waals surface area contributed by atoms with Crippen molar-refractivity contribution >= 4 is 13.8 Å². The Morgan fingerprint density at radius 3 is 1.92 bits per heavy atom. The lowest BCUT2D eigenvalue weighted by molar-refractivity contribution is -0.139. The van der Waals surface area contributed by atoms with Crippen molar-refractivity contribution in [1.29, 1.82) is 0 Å². The number of carbonyl (C=O) groups is 1. The number of carbonyl (C=O) groups excluding carboxylic acids is 1. The normalized spacial score (nSPS) is 11.8. The molecule has 0 rings (SSSR count). The van der Waals surface area contributed by atoms with Crippen molar-refractivity contribution in [3.05, 3.63) is 0 Å². The molecular formula is C6H13O5P. The molecule has 12 heavy (non-hydrogen) atoms. The summed E-state index contributed by atoms with van der Waals surface area (Å²) >= 11 is 0. The summed E-state index contributed by atoms with van der Waals surface area (Å²) in [5.41, 5.74) is 0. The fourth-order valence-electron chi connectivity index (χ4n) is 0.365. The highest BCUT2D eigenvalue weighted by molar-refractivity contribution is 7.49. The van der Waals surface area contributed by atoms with Crippen molar-refractivity contribution in [3.63, 3.8) is 0 Å². The van der Waals surface area contributed by atoms with Crippen LogP contribution in [-0.4, -0.2) is 20.2 Å². The van der Waals surface area contributed by atoms with Crippen molar-refractivity contribution in [2.24, 2.45) is 5.92 Å². The molecule has 72 valence electrons. The minimum atomic E-state index is -3.64. The average molecular weight is 196 g/mol. The van der Waals surface area contributed by atoms with E-state index >= 15 is 0 Å². The molecule has 0 heterocycles. The first-order chi connectivity index (χ1) is 5.45. The van der Waals surface area contributed by atoms with Gasteiger partial charge in [0.1, 0.15) is 0 Å². The summed E-state index contributed by atoms with van der Waals surface area (Å²) in [5, 5.41) is 0. The molecule has 0 aromatic carbocycles. The van der Waals surface area contributed by atoms with Crippen LogP contribution in [0.2, 0.25) is 0 Å². The van der Waals surface area contributed by atoms with E-state index in [1.807, 2.05) is 0 Å². The zero-order valence-electron chi connectivity index (χ0n) is 7.57. The van der Waals surface area contributed by atoms with Crippen LogP contribution < -0.4 is 0 Å². The van der Waals surface area contributed by atoms with E-state index in [0.29, 0.717) is 0 Å². The van der Waals surface area contributed by atoms with E-state index in [1.54, 1.807) is 13.8 Å². The molecule has 0 aliphatic carbocycles. The van der Waals surface area contributed by atoms with Crippen LogP contribution in [0.25, 0.3) is 0 Å². The third-order valence-electron chi connectivity index (χ3n) is 1.12. The summed E-state index contributed by atoms with van der Waals surface area (Å²) in [6.45, 7) is 3.25. The van der Waals surface area contributed by atoms with Crippen LogP contribution in [0.4, 0.5) is 0 Å². The van der Waals surface area contributed by atoms with Crippen molar-refractivity contribution in [1.82, 2.24) is 0 Å².